The largest absolute Gasteiger partial charge is 0.388 e. The normalized spacial score (nSPS) is 11.5. The molecule has 0 saturated heterocycles. The number of aromatic nitrogens is 2. The number of nitrogens with zero attached hydrogens (tertiary/aromatic N) is 4. The van der Waals surface area contributed by atoms with Crippen LogP contribution in [0, 0.1) is 23.7 Å². The predicted molar refractivity (Wildman–Crippen MR) is 125 cm³/mol. The third-order valence-corrected chi connectivity index (χ3v) is 5.37. The Morgan fingerprint density at radius 1 is 1.29 bits per heavy atom. The zero-order chi connectivity index (χ0) is 23.6. The first-order chi connectivity index (χ1) is 14.3. The molecule has 166 valence electrons. The van der Waals surface area contributed by atoms with Crippen LogP contribution in [-0.4, -0.2) is 45.3 Å². The third kappa shape index (κ3) is 5.95. The van der Waals surface area contributed by atoms with Crippen LogP contribution in [0.4, 0.5) is 17.3 Å². The Balaban J connectivity index is 2.68. The maximum atomic E-state index is 12.3. The van der Waals surface area contributed by atoms with E-state index in [0.717, 1.165) is 23.1 Å². The summed E-state index contributed by atoms with van der Waals surface area (Å²) in [6, 6.07) is 7.85. The van der Waals surface area contributed by atoms with E-state index in [2.05, 4.69) is 54.0 Å². The number of nitriles is 1. The van der Waals surface area contributed by atoms with E-state index in [4.69, 9.17) is 0 Å². The van der Waals surface area contributed by atoms with Crippen molar-refractivity contribution in [3.8, 4) is 6.07 Å². The first-order valence-electron chi connectivity index (χ1n) is 9.75. The number of hydrogen-bond acceptors (Lipinski definition) is 8. The second kappa shape index (κ2) is 8.94. The molecule has 0 aliphatic heterocycles. The minimum atomic E-state index is -3.70. The molecule has 1 aromatic heterocycles. The number of nitrogens with one attached hydrogen (secondary N) is 2. The zero-order valence-electron chi connectivity index (χ0n) is 19.2. The Kier molecular flexibility index (Phi) is 6.96. The van der Waals surface area contributed by atoms with Gasteiger partial charge in [-0.25, -0.2) is 8.42 Å². The molecule has 0 spiro atoms. The summed E-state index contributed by atoms with van der Waals surface area (Å²) in [5, 5.41) is 15.7. The van der Waals surface area contributed by atoms with E-state index in [1.165, 1.54) is 0 Å². The van der Waals surface area contributed by atoms with Crippen molar-refractivity contribution in [3.63, 3.8) is 0 Å². The fourth-order valence-electron chi connectivity index (χ4n) is 3.07. The summed E-state index contributed by atoms with van der Waals surface area (Å²) in [5.41, 5.74) is 3.26. The Morgan fingerprint density at radius 2 is 1.94 bits per heavy atom. The van der Waals surface area contributed by atoms with Gasteiger partial charge < -0.3 is 15.5 Å². The van der Waals surface area contributed by atoms with Crippen LogP contribution in [0.3, 0.4) is 0 Å². The van der Waals surface area contributed by atoms with E-state index < -0.39 is 9.84 Å². The number of anilines is 3. The van der Waals surface area contributed by atoms with Crippen molar-refractivity contribution in [3.05, 3.63) is 41.5 Å². The molecule has 2 aromatic rings. The van der Waals surface area contributed by atoms with Gasteiger partial charge in [-0.15, -0.1) is 0 Å². The van der Waals surface area contributed by atoms with E-state index in [0.29, 0.717) is 12.2 Å². The lowest BCUT2D eigenvalue weighted by atomic mass is 9.96. The fraction of sp³-hybridized carbons (Fsp3) is 0.409. The van der Waals surface area contributed by atoms with Gasteiger partial charge in [-0.2, -0.15) is 15.2 Å². The Hall–Kier alpha value is -3.12. The van der Waals surface area contributed by atoms with Crippen molar-refractivity contribution in [2.75, 3.05) is 37.1 Å². The molecule has 0 aliphatic rings. The Morgan fingerprint density at radius 3 is 2.45 bits per heavy atom. The molecule has 0 saturated carbocycles. The quantitative estimate of drug-likeness (QED) is 0.627. The van der Waals surface area contributed by atoms with Gasteiger partial charge in [-0.05, 0) is 29.5 Å². The van der Waals surface area contributed by atoms with Gasteiger partial charge in [0.2, 0.25) is 9.84 Å². The topological polar surface area (TPSA) is 111 Å². The zero-order valence-corrected chi connectivity index (χ0v) is 20.0. The molecule has 0 fully saturated rings. The molecule has 0 radical (unpaired) electrons. The van der Waals surface area contributed by atoms with Crippen molar-refractivity contribution in [2.45, 2.75) is 32.9 Å². The van der Waals surface area contributed by atoms with Crippen LogP contribution in [0.5, 0.6) is 0 Å². The van der Waals surface area contributed by atoms with E-state index >= 15 is 0 Å². The highest BCUT2D eigenvalue weighted by Gasteiger charge is 2.24. The Labute approximate surface area is 184 Å². The standard InChI is InChI=1S/C22H30N6O2S/c1-14-9-10-16(15(2)24-6)11-18(14)25-19-17(12-23)20(28(7)13-22(3,4)5)27-21(26-19)31(8,29)30/h9-11,24H,2,13H2,1,3-8H3,(H,25,26,27). The lowest BCUT2D eigenvalue weighted by Crippen LogP contribution is -2.31. The highest BCUT2D eigenvalue weighted by atomic mass is 32.2. The van der Waals surface area contributed by atoms with Crippen LogP contribution >= 0.6 is 0 Å². The fourth-order valence-corrected chi connectivity index (χ4v) is 3.58. The second-order valence-corrected chi connectivity index (χ2v) is 10.6. The minimum absolute atomic E-state index is 0.0935. The molecule has 31 heavy (non-hydrogen) atoms. The first-order valence-corrected chi connectivity index (χ1v) is 11.6. The van der Waals surface area contributed by atoms with Crippen molar-refractivity contribution in [2.24, 2.45) is 5.41 Å². The monoisotopic (exact) mass is 442 g/mol. The third-order valence-electron chi connectivity index (χ3n) is 4.53. The van der Waals surface area contributed by atoms with E-state index in [-0.39, 0.29) is 27.8 Å². The molecule has 0 aliphatic carbocycles. The molecule has 0 amide bonds. The van der Waals surface area contributed by atoms with Crippen LogP contribution in [0.1, 0.15) is 37.5 Å². The highest BCUT2D eigenvalue weighted by Crippen LogP contribution is 2.31. The van der Waals surface area contributed by atoms with Gasteiger partial charge in [0, 0.05) is 38.3 Å². The summed E-state index contributed by atoms with van der Waals surface area (Å²) in [6.45, 7) is 12.6. The first kappa shape index (κ1) is 24.2. The van der Waals surface area contributed by atoms with Crippen molar-refractivity contribution in [1.29, 1.82) is 5.26 Å². The SMILES string of the molecule is C=C(NC)c1ccc(C)c(Nc2nc(S(C)(=O)=O)nc(N(C)CC(C)(C)C)c2C#N)c1. The number of rotatable bonds is 7. The smallest absolute Gasteiger partial charge is 0.250 e. The average molecular weight is 443 g/mol. The van der Waals surface area contributed by atoms with Crippen molar-refractivity contribution >= 4 is 32.9 Å². The molecule has 2 N–H and O–H groups in total. The molecule has 8 nitrogen and oxygen atoms in total. The molecule has 9 heteroatoms. The number of hydrogen-bond donors (Lipinski definition) is 2. The highest BCUT2D eigenvalue weighted by molar-refractivity contribution is 7.90. The van der Waals surface area contributed by atoms with Crippen LogP contribution in [0.25, 0.3) is 5.70 Å². The second-order valence-electron chi connectivity index (χ2n) is 8.74. The summed E-state index contributed by atoms with van der Waals surface area (Å²) >= 11 is 0. The molecular formula is C22H30N6O2S. The molecule has 1 aromatic carbocycles. The molecular weight excluding hydrogens is 412 g/mol. The van der Waals surface area contributed by atoms with Crippen molar-refractivity contribution < 1.29 is 8.42 Å². The summed E-state index contributed by atoms with van der Waals surface area (Å²) in [7, 11) is -0.135. The number of aryl methyl sites for hydroxylation is 1. The summed E-state index contributed by atoms with van der Waals surface area (Å²) in [5.74, 6) is 0.410. The maximum Gasteiger partial charge on any atom is 0.250 e. The predicted octanol–water partition coefficient (Wildman–Crippen LogP) is 3.48. The van der Waals surface area contributed by atoms with E-state index in [1.54, 1.807) is 19.0 Å². The van der Waals surface area contributed by atoms with Gasteiger partial charge in [-0.1, -0.05) is 39.5 Å². The van der Waals surface area contributed by atoms with E-state index in [1.807, 2.05) is 25.1 Å². The maximum absolute atomic E-state index is 12.3. The average Bonchev–Trinajstić information content (AvgIpc) is 2.66. The number of benzene rings is 1. The van der Waals surface area contributed by atoms with Gasteiger partial charge in [-0.3, -0.25) is 0 Å². The van der Waals surface area contributed by atoms with Crippen LogP contribution < -0.4 is 15.5 Å². The van der Waals surface area contributed by atoms with E-state index in [9.17, 15) is 13.7 Å². The van der Waals surface area contributed by atoms with Gasteiger partial charge >= 0.3 is 0 Å². The molecule has 0 unspecified atom stereocenters. The van der Waals surface area contributed by atoms with Gasteiger partial charge in [0.1, 0.15) is 11.6 Å². The molecule has 1 heterocycles. The van der Waals surface area contributed by atoms with Gasteiger partial charge in [0.15, 0.2) is 11.6 Å². The summed E-state index contributed by atoms with van der Waals surface area (Å²) in [6.07, 6.45) is 1.05. The minimum Gasteiger partial charge on any atom is -0.388 e. The van der Waals surface area contributed by atoms with Crippen LogP contribution in [0.15, 0.2) is 29.9 Å². The Bertz CT molecular complexity index is 1140. The molecule has 0 atom stereocenters. The van der Waals surface area contributed by atoms with Crippen molar-refractivity contribution in [1.82, 2.24) is 15.3 Å². The van der Waals surface area contributed by atoms with Gasteiger partial charge in [0.05, 0.1) is 0 Å². The summed E-state index contributed by atoms with van der Waals surface area (Å²) in [4.78, 5) is 10.2. The number of sulfone groups is 1. The lowest BCUT2D eigenvalue weighted by Gasteiger charge is -2.28. The van der Waals surface area contributed by atoms with Gasteiger partial charge in [0.25, 0.3) is 5.16 Å². The molecule has 0 bridgehead atoms. The van der Waals surface area contributed by atoms with Crippen LogP contribution in [-0.2, 0) is 9.84 Å². The van der Waals surface area contributed by atoms with Crippen LogP contribution in [0.2, 0.25) is 0 Å². The molecule has 2 rings (SSSR count). The summed E-state index contributed by atoms with van der Waals surface area (Å²) < 4.78 is 24.5. The lowest BCUT2D eigenvalue weighted by molar-refractivity contribution is 0.417.